The summed E-state index contributed by atoms with van der Waals surface area (Å²) in [5.74, 6) is -0.136. The summed E-state index contributed by atoms with van der Waals surface area (Å²) in [6, 6.07) is 8.49. The second kappa shape index (κ2) is 9.38. The number of nitrogens with zero attached hydrogens (tertiary/aromatic N) is 3. The number of hydrogen-bond donors (Lipinski definition) is 2. The summed E-state index contributed by atoms with van der Waals surface area (Å²) in [5.41, 5.74) is 0.349. The van der Waals surface area contributed by atoms with E-state index in [0.717, 1.165) is 11.8 Å². The number of halogens is 2. The largest absolute Gasteiger partial charge is 0.396 e. The van der Waals surface area contributed by atoms with Crippen LogP contribution in [0.5, 0.6) is 0 Å². The molecule has 0 fully saturated rings. The van der Waals surface area contributed by atoms with Gasteiger partial charge in [-0.15, -0.1) is 0 Å². The van der Waals surface area contributed by atoms with Gasteiger partial charge in [-0.2, -0.15) is 0 Å². The number of benzene rings is 1. The average molecular weight is 439 g/mol. The highest BCUT2D eigenvalue weighted by Gasteiger charge is 2.14. The molecule has 7 nitrogen and oxygen atoms in total. The molecule has 0 spiro atoms. The van der Waals surface area contributed by atoms with Crippen molar-refractivity contribution in [2.75, 3.05) is 17.7 Å². The number of pyridine rings is 1. The molecule has 28 heavy (non-hydrogen) atoms. The van der Waals surface area contributed by atoms with Crippen LogP contribution in [0.15, 0.2) is 46.5 Å². The van der Waals surface area contributed by atoms with Gasteiger partial charge in [0.25, 0.3) is 5.56 Å². The first-order valence-electron chi connectivity index (χ1n) is 8.33. The lowest BCUT2D eigenvalue weighted by atomic mass is 10.2. The van der Waals surface area contributed by atoms with E-state index in [1.807, 2.05) is 0 Å². The molecule has 0 aliphatic rings. The van der Waals surface area contributed by atoms with Gasteiger partial charge in [-0.05, 0) is 24.6 Å². The highest BCUT2D eigenvalue weighted by molar-refractivity contribution is 7.99. The molecule has 3 aromatic rings. The number of carbonyl (C=O) groups is 1. The normalized spacial score (nSPS) is 11.0. The number of hydrogen-bond acceptors (Lipinski definition) is 6. The van der Waals surface area contributed by atoms with E-state index in [4.69, 9.17) is 28.3 Å². The van der Waals surface area contributed by atoms with Crippen molar-refractivity contribution in [3.63, 3.8) is 0 Å². The van der Waals surface area contributed by atoms with Crippen LogP contribution < -0.4 is 10.9 Å². The highest BCUT2D eigenvalue weighted by atomic mass is 35.5. The maximum Gasteiger partial charge on any atom is 0.262 e. The van der Waals surface area contributed by atoms with Gasteiger partial charge in [0.2, 0.25) is 5.91 Å². The third-order valence-corrected chi connectivity index (χ3v) is 5.24. The second-order valence-corrected chi connectivity index (χ2v) is 7.55. The van der Waals surface area contributed by atoms with E-state index in [1.54, 1.807) is 24.3 Å². The first-order valence-corrected chi connectivity index (χ1v) is 10.1. The Morgan fingerprint density at radius 3 is 2.82 bits per heavy atom. The first-order chi connectivity index (χ1) is 13.5. The molecule has 0 saturated heterocycles. The number of fused-ring (bicyclic) bond motifs is 1. The van der Waals surface area contributed by atoms with Gasteiger partial charge >= 0.3 is 0 Å². The molecule has 0 aliphatic carbocycles. The maximum absolute atomic E-state index is 12.8. The zero-order chi connectivity index (χ0) is 20.1. The Morgan fingerprint density at radius 2 is 2.07 bits per heavy atom. The minimum Gasteiger partial charge on any atom is -0.396 e. The van der Waals surface area contributed by atoms with Crippen LogP contribution in [0.1, 0.15) is 6.42 Å². The molecule has 2 aromatic heterocycles. The smallest absolute Gasteiger partial charge is 0.262 e. The number of amides is 1. The van der Waals surface area contributed by atoms with Crippen LogP contribution in [0.25, 0.3) is 10.9 Å². The Balaban J connectivity index is 1.80. The fourth-order valence-electron chi connectivity index (χ4n) is 2.49. The van der Waals surface area contributed by atoms with Crippen LogP contribution in [-0.4, -0.2) is 37.9 Å². The zero-order valence-electron chi connectivity index (χ0n) is 14.6. The molecule has 1 amide bonds. The van der Waals surface area contributed by atoms with Crippen molar-refractivity contribution in [3.05, 3.63) is 56.9 Å². The van der Waals surface area contributed by atoms with Crippen molar-refractivity contribution in [3.8, 4) is 0 Å². The Labute approximate surface area is 174 Å². The van der Waals surface area contributed by atoms with Crippen molar-refractivity contribution in [1.82, 2.24) is 14.5 Å². The average Bonchev–Trinajstić information content (AvgIpc) is 2.68. The lowest BCUT2D eigenvalue weighted by Gasteiger charge is -2.12. The molecule has 0 radical (unpaired) electrons. The van der Waals surface area contributed by atoms with Gasteiger partial charge in [0, 0.05) is 19.3 Å². The monoisotopic (exact) mass is 438 g/mol. The number of aliphatic hydroxyl groups excluding tert-OH is 1. The van der Waals surface area contributed by atoms with Crippen molar-refractivity contribution in [1.29, 1.82) is 0 Å². The summed E-state index contributed by atoms with van der Waals surface area (Å²) >= 11 is 12.9. The Kier molecular flexibility index (Phi) is 6.90. The van der Waals surface area contributed by atoms with E-state index in [0.29, 0.717) is 34.0 Å². The zero-order valence-corrected chi connectivity index (χ0v) is 16.9. The summed E-state index contributed by atoms with van der Waals surface area (Å²) in [5, 5.41) is 13.2. The summed E-state index contributed by atoms with van der Waals surface area (Å²) in [6.07, 6.45) is 1.79. The van der Waals surface area contributed by atoms with Gasteiger partial charge in [-0.1, -0.05) is 47.1 Å². The molecular weight excluding hydrogens is 423 g/mol. The second-order valence-electron chi connectivity index (χ2n) is 5.77. The number of aliphatic hydroxyl groups is 1. The summed E-state index contributed by atoms with van der Waals surface area (Å²) in [6.45, 7) is 0.256. The number of thioether (sulfide) groups is 1. The minimum atomic E-state index is -0.349. The van der Waals surface area contributed by atoms with E-state index >= 15 is 0 Å². The molecule has 1 aromatic carbocycles. The molecule has 0 saturated carbocycles. The van der Waals surface area contributed by atoms with E-state index in [2.05, 4.69) is 15.3 Å². The number of aromatic nitrogens is 3. The molecule has 10 heteroatoms. The van der Waals surface area contributed by atoms with Crippen LogP contribution >= 0.6 is 35.0 Å². The van der Waals surface area contributed by atoms with E-state index in [9.17, 15) is 9.59 Å². The number of nitrogens with one attached hydrogen (secondary N) is 1. The van der Waals surface area contributed by atoms with Crippen LogP contribution in [0.2, 0.25) is 10.0 Å². The molecular formula is C18H16Cl2N4O3S. The van der Waals surface area contributed by atoms with Gasteiger partial charge < -0.3 is 10.4 Å². The SMILES string of the molecule is O=C(CSc1nc2ccccc2c(=O)n1CCCO)Nc1ncc(Cl)cc1Cl. The van der Waals surface area contributed by atoms with Crippen molar-refractivity contribution in [2.24, 2.45) is 0 Å². The number of para-hydroxylation sites is 1. The topological polar surface area (TPSA) is 97.1 Å². The molecule has 2 N–H and O–H groups in total. The van der Waals surface area contributed by atoms with Crippen LogP contribution in [0.4, 0.5) is 5.82 Å². The predicted molar refractivity (Wildman–Crippen MR) is 111 cm³/mol. The van der Waals surface area contributed by atoms with Crippen LogP contribution in [0.3, 0.4) is 0 Å². The summed E-state index contributed by atoms with van der Waals surface area (Å²) in [7, 11) is 0. The van der Waals surface area contributed by atoms with Crippen LogP contribution in [0, 0.1) is 0 Å². The van der Waals surface area contributed by atoms with Gasteiger partial charge in [-0.25, -0.2) is 9.97 Å². The Bertz CT molecular complexity index is 1070. The van der Waals surface area contributed by atoms with Gasteiger partial charge in [0.1, 0.15) is 0 Å². The Morgan fingerprint density at radius 1 is 1.29 bits per heavy atom. The quantitative estimate of drug-likeness (QED) is 0.434. The molecule has 0 unspecified atom stereocenters. The molecule has 3 rings (SSSR count). The molecule has 146 valence electrons. The minimum absolute atomic E-state index is 0.00450. The number of carbonyl (C=O) groups excluding carboxylic acids is 1. The first kappa shape index (κ1) is 20.6. The standard InChI is InChI=1S/C18H16Cl2N4O3S/c19-11-8-13(20)16(21-9-11)23-15(26)10-28-18-22-14-5-2-1-4-12(14)17(27)24(18)6-3-7-25/h1-2,4-5,8-9,25H,3,6-7,10H2,(H,21,23,26). The maximum atomic E-state index is 12.8. The van der Waals surface area contributed by atoms with Crippen molar-refractivity contribution < 1.29 is 9.90 Å². The van der Waals surface area contributed by atoms with Crippen molar-refractivity contribution in [2.45, 2.75) is 18.1 Å². The predicted octanol–water partition coefficient (Wildman–Crippen LogP) is 3.21. The van der Waals surface area contributed by atoms with Gasteiger partial charge in [-0.3, -0.25) is 14.2 Å². The fraction of sp³-hybridized carbons (Fsp3) is 0.222. The number of rotatable bonds is 7. The number of anilines is 1. The third kappa shape index (κ3) is 4.82. The third-order valence-electron chi connectivity index (χ3n) is 3.76. The van der Waals surface area contributed by atoms with E-state index in [1.165, 1.54) is 16.8 Å². The van der Waals surface area contributed by atoms with Crippen molar-refractivity contribution >= 4 is 57.6 Å². The molecule has 0 atom stereocenters. The van der Waals surface area contributed by atoms with E-state index < -0.39 is 0 Å². The summed E-state index contributed by atoms with van der Waals surface area (Å²) < 4.78 is 1.48. The lowest BCUT2D eigenvalue weighted by molar-refractivity contribution is -0.113. The highest BCUT2D eigenvalue weighted by Crippen LogP contribution is 2.23. The summed E-state index contributed by atoms with van der Waals surface area (Å²) in [4.78, 5) is 33.5. The fourth-order valence-corrected chi connectivity index (χ4v) is 3.74. The van der Waals surface area contributed by atoms with Gasteiger partial charge in [0.05, 0.1) is 26.7 Å². The molecule has 0 bridgehead atoms. The van der Waals surface area contributed by atoms with Gasteiger partial charge in [0.15, 0.2) is 11.0 Å². The Hall–Kier alpha value is -2.13. The molecule has 0 aliphatic heterocycles. The lowest BCUT2D eigenvalue weighted by Crippen LogP contribution is -2.25. The molecule has 2 heterocycles. The van der Waals surface area contributed by atoms with E-state index in [-0.39, 0.29) is 34.7 Å². The van der Waals surface area contributed by atoms with Crippen LogP contribution in [-0.2, 0) is 11.3 Å².